The third-order valence-electron chi connectivity index (χ3n) is 6.35. The Bertz CT molecular complexity index is 1090. The predicted octanol–water partition coefficient (Wildman–Crippen LogP) is 8.40. The molecule has 0 aliphatic rings. The Balaban J connectivity index is 6.69. The first-order valence-electron chi connectivity index (χ1n) is 16.9. The minimum atomic E-state index is -5.78. The second kappa shape index (κ2) is 27.1. The molecule has 0 radical (unpaired) electrons. The third kappa shape index (κ3) is 24.0. The number of unbranched alkanes of at least 4 members (excludes halogenated alkanes) is 12. The van der Waals surface area contributed by atoms with Gasteiger partial charge in [-0.3, -0.25) is 0 Å². The van der Waals surface area contributed by atoms with Crippen molar-refractivity contribution in [2.75, 3.05) is 26.4 Å². The van der Waals surface area contributed by atoms with Gasteiger partial charge in [0.25, 0.3) is 0 Å². The summed E-state index contributed by atoms with van der Waals surface area (Å²) in [5, 5.41) is 10.1. The van der Waals surface area contributed by atoms with Crippen LogP contribution in [0.2, 0.25) is 0 Å². The van der Waals surface area contributed by atoms with Crippen molar-refractivity contribution in [2.24, 2.45) is 0 Å². The Morgan fingerprint density at radius 3 is 1.12 bits per heavy atom. The van der Waals surface area contributed by atoms with Crippen LogP contribution in [-0.2, 0) is 84.1 Å². The van der Waals surface area contributed by atoms with E-state index < -0.39 is 75.1 Å². The van der Waals surface area contributed by atoms with Crippen molar-refractivity contribution in [3.05, 3.63) is 0 Å². The van der Waals surface area contributed by atoms with E-state index >= 15 is 0 Å². The number of carbonyl (C=O) groups is 1. The SMILES string of the molecule is CCCCCCOP(=O)(O)OP(=O)(OCCCCCC)OC([O][Ti](=[O])[OH])(OP(=O)(OCCCCCC)OP(=O)(O)OCCCCCC)C(=O)O. The van der Waals surface area contributed by atoms with Crippen LogP contribution < -0.4 is 0 Å². The molecule has 4 unspecified atom stereocenters. The summed E-state index contributed by atoms with van der Waals surface area (Å²) in [4.78, 5) is 33.3. The zero-order chi connectivity index (χ0) is 38.2. The first-order chi connectivity index (χ1) is 23.4. The number of carboxylic acids is 1. The molecule has 0 amide bonds. The summed E-state index contributed by atoms with van der Waals surface area (Å²) in [5.41, 5.74) is 0. The number of aliphatic carboxylic acids is 1. The summed E-state index contributed by atoms with van der Waals surface area (Å²) < 4.78 is 118. The summed E-state index contributed by atoms with van der Waals surface area (Å²) in [6, 6.07) is 0. The number of rotatable bonds is 35. The fourth-order valence-corrected chi connectivity index (χ4v) is 10.2. The van der Waals surface area contributed by atoms with Crippen LogP contribution >= 0.6 is 31.3 Å². The van der Waals surface area contributed by atoms with Crippen molar-refractivity contribution in [1.82, 2.24) is 0 Å². The van der Waals surface area contributed by atoms with Crippen LogP contribution in [0, 0.1) is 0 Å². The fraction of sp³-hybridized carbons (Fsp3) is 0.962. The molecule has 4 N–H and O–H groups in total. The van der Waals surface area contributed by atoms with Gasteiger partial charge in [0.05, 0.1) is 0 Å². The van der Waals surface area contributed by atoms with Gasteiger partial charge in [-0.05, 0) is 0 Å². The van der Waals surface area contributed by atoms with Crippen LogP contribution in [-0.4, -0.2) is 57.0 Å². The molecule has 0 spiro atoms. The summed E-state index contributed by atoms with van der Waals surface area (Å²) in [6.45, 7) is 5.82. The monoisotopic (exact) mass is 844 g/mol. The molecule has 0 rings (SSSR count). The molecule has 0 bridgehead atoms. The standard InChI is InChI=1S/C26H55O17P4.H2O.O.Ti/c1-5-9-13-17-21-36-44(30,31)42-46(34,38-23-19-15-11-7-3)40-26(29,25(27)28)41-47(35,39-24-20-16-12-8-4)43-45(32,33)37-22-18-14-10-6-2;;;/h5-24H2,1-4H3,(H,27,28)(H,30,31)(H,32,33);1H2;;/q-1;;;+2/p-1. The molecule has 0 saturated carbocycles. The van der Waals surface area contributed by atoms with Crippen molar-refractivity contribution >= 4 is 37.3 Å². The molecule has 24 heteroatoms. The summed E-state index contributed by atoms with van der Waals surface area (Å²) in [6.07, 6.45) is 9.15. The van der Waals surface area contributed by atoms with E-state index in [1.54, 1.807) is 0 Å². The van der Waals surface area contributed by atoms with E-state index in [4.69, 9.17) is 27.1 Å². The van der Waals surface area contributed by atoms with E-state index in [9.17, 15) is 45.0 Å². The van der Waals surface area contributed by atoms with Gasteiger partial charge < -0.3 is 0 Å². The average Bonchev–Trinajstić information content (AvgIpc) is 2.99. The maximum atomic E-state index is 13.9. The quantitative estimate of drug-likeness (QED) is 0.0202. The second-order valence-corrected chi connectivity index (χ2v) is 18.5. The van der Waals surface area contributed by atoms with Crippen LogP contribution in [0.15, 0.2) is 0 Å². The van der Waals surface area contributed by atoms with Crippen LogP contribution in [0.4, 0.5) is 0 Å². The average molecular weight is 844 g/mol. The molecule has 0 aromatic heterocycles. The number of hydrogen-bond acceptors (Lipinski definition) is 15. The van der Waals surface area contributed by atoms with Gasteiger partial charge in [-0.2, -0.15) is 0 Å². The molecule has 0 saturated heterocycles. The van der Waals surface area contributed by atoms with Crippen LogP contribution in [0.1, 0.15) is 130 Å². The summed E-state index contributed by atoms with van der Waals surface area (Å²) in [7, 11) is -22.3. The van der Waals surface area contributed by atoms with Gasteiger partial charge in [-0.1, -0.05) is 13.8 Å². The molecule has 0 aromatic rings. The van der Waals surface area contributed by atoms with Gasteiger partial charge in [0.2, 0.25) is 0 Å². The maximum absolute atomic E-state index is 13.9. The Morgan fingerprint density at radius 2 is 0.860 bits per heavy atom. The second-order valence-electron chi connectivity index (χ2n) is 11.0. The van der Waals surface area contributed by atoms with Crippen molar-refractivity contribution in [1.29, 1.82) is 0 Å². The first-order valence-corrected chi connectivity index (χ1v) is 24.7. The van der Waals surface area contributed by atoms with Gasteiger partial charge in [0, 0.05) is 0 Å². The molecule has 298 valence electrons. The van der Waals surface area contributed by atoms with Crippen LogP contribution in [0.3, 0.4) is 0 Å². The first kappa shape index (κ1) is 50.4. The van der Waals surface area contributed by atoms with Gasteiger partial charge in [-0.15, -0.1) is 0 Å². The molecule has 0 fully saturated rings. The molecule has 0 aliphatic heterocycles. The van der Waals surface area contributed by atoms with Crippen molar-refractivity contribution in [2.45, 2.75) is 136 Å². The zero-order valence-corrected chi connectivity index (χ0v) is 34.5. The van der Waals surface area contributed by atoms with Crippen molar-refractivity contribution in [3.63, 3.8) is 0 Å². The van der Waals surface area contributed by atoms with Gasteiger partial charge in [0.1, 0.15) is 0 Å². The Hall–Kier alpha value is 0.424. The minimum absolute atomic E-state index is 0.145. The van der Waals surface area contributed by atoms with E-state index in [0.717, 1.165) is 38.5 Å². The fourth-order valence-electron chi connectivity index (χ4n) is 3.85. The number of hydrogen-bond donors (Lipinski definition) is 4. The molecular weight excluding hydrogens is 788 g/mol. The Kier molecular flexibility index (Phi) is 27.3. The molecule has 0 aromatic carbocycles. The van der Waals surface area contributed by atoms with Gasteiger partial charge >= 0.3 is 289 Å². The van der Waals surface area contributed by atoms with E-state index in [0.29, 0.717) is 38.5 Å². The Labute approximate surface area is 301 Å². The van der Waals surface area contributed by atoms with E-state index in [-0.39, 0.29) is 38.9 Å². The van der Waals surface area contributed by atoms with Crippen LogP contribution in [0.25, 0.3) is 0 Å². The van der Waals surface area contributed by atoms with E-state index in [1.807, 2.05) is 27.7 Å². The topological polar surface area (TPSA) is 266 Å². The molecule has 0 aliphatic carbocycles. The van der Waals surface area contributed by atoms with E-state index in [1.165, 1.54) is 0 Å². The molecule has 50 heavy (non-hydrogen) atoms. The molecular formula is C26H56O19P4Ti. The van der Waals surface area contributed by atoms with Crippen molar-refractivity contribution < 1.29 is 103 Å². The number of carboxylic acid groups (broad SMARTS) is 1. The Morgan fingerprint density at radius 1 is 0.560 bits per heavy atom. The van der Waals surface area contributed by atoms with Crippen molar-refractivity contribution in [3.8, 4) is 0 Å². The molecule has 4 atom stereocenters. The zero-order valence-electron chi connectivity index (χ0n) is 29.3. The third-order valence-corrected chi connectivity index (χ3v) is 13.2. The van der Waals surface area contributed by atoms with Gasteiger partial charge in [0.15, 0.2) is 0 Å². The summed E-state index contributed by atoms with van der Waals surface area (Å²) in [5.74, 6) is -6.85. The van der Waals surface area contributed by atoms with Crippen LogP contribution in [0.5, 0.6) is 0 Å². The normalized spacial score (nSPS) is 18.0. The van der Waals surface area contributed by atoms with E-state index in [2.05, 4.69) is 11.9 Å². The predicted molar refractivity (Wildman–Crippen MR) is 174 cm³/mol. The number of phosphoric acid groups is 4. The molecule has 0 heterocycles. The number of phosphoric ester groups is 4. The van der Waals surface area contributed by atoms with Gasteiger partial charge in [-0.25, -0.2) is 0 Å². The summed E-state index contributed by atoms with van der Waals surface area (Å²) >= 11 is -5.26. The molecule has 19 nitrogen and oxygen atoms in total.